The molecule has 20 heavy (non-hydrogen) atoms. The van der Waals surface area contributed by atoms with E-state index in [4.69, 9.17) is 11.6 Å². The molecule has 1 fully saturated rings. The van der Waals surface area contributed by atoms with E-state index in [9.17, 15) is 14.4 Å². The molecule has 106 valence electrons. The summed E-state index contributed by atoms with van der Waals surface area (Å²) >= 11 is 8.06. The largest absolute Gasteiger partial charge is 0.315 e. The van der Waals surface area contributed by atoms with Crippen molar-refractivity contribution in [1.82, 2.24) is 10.2 Å². The zero-order valence-electron chi connectivity index (χ0n) is 10.9. The van der Waals surface area contributed by atoms with Gasteiger partial charge in [0.25, 0.3) is 11.8 Å². The van der Waals surface area contributed by atoms with Crippen LogP contribution < -0.4 is 5.32 Å². The van der Waals surface area contributed by atoms with Gasteiger partial charge in [0.15, 0.2) is 0 Å². The Morgan fingerprint density at radius 1 is 1.40 bits per heavy atom. The molecule has 1 aliphatic heterocycles. The molecule has 0 unspecified atom stereocenters. The van der Waals surface area contributed by atoms with Crippen LogP contribution in [0.2, 0.25) is 5.02 Å². The van der Waals surface area contributed by atoms with E-state index < -0.39 is 23.3 Å². The maximum absolute atomic E-state index is 12.5. The van der Waals surface area contributed by atoms with Gasteiger partial charge >= 0.3 is 0 Å². The van der Waals surface area contributed by atoms with Crippen LogP contribution in [0.3, 0.4) is 0 Å². The molecule has 0 radical (unpaired) electrons. The first-order valence-corrected chi connectivity index (χ1v) is 7.30. The SMILES string of the molecule is CC1(C)C(=O)NC(=O)CN1C(=O)c1ccc(I)c(Cl)c1. The lowest BCUT2D eigenvalue weighted by Gasteiger charge is -2.40. The number of imide groups is 1. The summed E-state index contributed by atoms with van der Waals surface area (Å²) in [4.78, 5) is 37.1. The van der Waals surface area contributed by atoms with Crippen LogP contribution >= 0.6 is 34.2 Å². The highest BCUT2D eigenvalue weighted by Crippen LogP contribution is 2.24. The molecule has 1 heterocycles. The Labute approximate surface area is 134 Å². The van der Waals surface area contributed by atoms with Crippen molar-refractivity contribution in [3.8, 4) is 0 Å². The lowest BCUT2D eigenvalue weighted by atomic mass is 9.97. The van der Waals surface area contributed by atoms with E-state index in [1.165, 1.54) is 4.90 Å². The number of nitrogens with one attached hydrogen (secondary N) is 1. The molecular weight excluding hydrogens is 395 g/mol. The summed E-state index contributed by atoms with van der Waals surface area (Å²) in [7, 11) is 0. The standard InChI is InChI=1S/C13H12ClIN2O3/c1-13(2)12(20)16-10(18)6-17(13)11(19)7-3-4-9(15)8(14)5-7/h3-5H,6H2,1-2H3,(H,16,18,20). The van der Waals surface area contributed by atoms with Crippen LogP contribution in [0.5, 0.6) is 0 Å². The third-order valence-corrected chi connectivity index (χ3v) is 4.77. The molecule has 5 nitrogen and oxygen atoms in total. The number of halogens is 2. The predicted octanol–water partition coefficient (Wildman–Crippen LogP) is 1.82. The fourth-order valence-electron chi connectivity index (χ4n) is 1.89. The third kappa shape index (κ3) is 2.67. The molecule has 0 bridgehead atoms. The summed E-state index contributed by atoms with van der Waals surface area (Å²) < 4.78 is 0.826. The number of amides is 3. The van der Waals surface area contributed by atoms with Crippen LogP contribution in [0.1, 0.15) is 24.2 Å². The van der Waals surface area contributed by atoms with E-state index in [0.717, 1.165) is 3.57 Å². The first-order valence-electron chi connectivity index (χ1n) is 5.85. The number of rotatable bonds is 1. The summed E-state index contributed by atoms with van der Waals surface area (Å²) in [5, 5.41) is 2.69. The Hall–Kier alpha value is -1.15. The van der Waals surface area contributed by atoms with E-state index in [1.807, 2.05) is 0 Å². The fraction of sp³-hybridized carbons (Fsp3) is 0.308. The smallest absolute Gasteiger partial charge is 0.255 e. The minimum absolute atomic E-state index is 0.152. The van der Waals surface area contributed by atoms with E-state index >= 15 is 0 Å². The van der Waals surface area contributed by atoms with Crippen molar-refractivity contribution in [3.63, 3.8) is 0 Å². The normalized spacial score (nSPS) is 17.9. The second-order valence-electron chi connectivity index (χ2n) is 4.96. The van der Waals surface area contributed by atoms with Crippen LogP contribution in [0.15, 0.2) is 18.2 Å². The van der Waals surface area contributed by atoms with Crippen molar-refractivity contribution in [2.24, 2.45) is 0 Å². The summed E-state index contributed by atoms with van der Waals surface area (Å²) in [5.41, 5.74) is -0.730. The summed E-state index contributed by atoms with van der Waals surface area (Å²) in [6.07, 6.45) is 0. The number of nitrogens with zero attached hydrogens (tertiary/aromatic N) is 1. The number of hydrogen-bond acceptors (Lipinski definition) is 3. The second kappa shape index (κ2) is 5.33. The number of piperazine rings is 1. The maximum atomic E-state index is 12.5. The highest BCUT2D eigenvalue weighted by Gasteiger charge is 2.43. The molecule has 1 aromatic carbocycles. The zero-order valence-corrected chi connectivity index (χ0v) is 13.8. The lowest BCUT2D eigenvalue weighted by Crippen LogP contribution is -2.65. The Bertz CT molecular complexity index is 616. The summed E-state index contributed by atoms with van der Waals surface area (Å²) in [5.74, 6) is -1.37. The molecule has 1 saturated heterocycles. The van der Waals surface area contributed by atoms with Crippen LogP contribution in [0.25, 0.3) is 0 Å². The minimum Gasteiger partial charge on any atom is -0.315 e. The lowest BCUT2D eigenvalue weighted by molar-refractivity contribution is -0.143. The highest BCUT2D eigenvalue weighted by atomic mass is 127. The van der Waals surface area contributed by atoms with Gasteiger partial charge in [-0.25, -0.2) is 0 Å². The Kier molecular flexibility index (Phi) is 4.06. The van der Waals surface area contributed by atoms with Crippen molar-refractivity contribution in [2.45, 2.75) is 19.4 Å². The first kappa shape index (κ1) is 15.2. The van der Waals surface area contributed by atoms with Gasteiger partial charge in [-0.3, -0.25) is 19.7 Å². The van der Waals surface area contributed by atoms with E-state index in [-0.39, 0.29) is 6.54 Å². The van der Waals surface area contributed by atoms with Gasteiger partial charge in [-0.1, -0.05) is 11.6 Å². The average molecular weight is 407 g/mol. The van der Waals surface area contributed by atoms with Crippen LogP contribution in [-0.4, -0.2) is 34.7 Å². The Morgan fingerprint density at radius 2 is 2.05 bits per heavy atom. The molecule has 0 aromatic heterocycles. The third-order valence-electron chi connectivity index (χ3n) is 3.20. The summed E-state index contributed by atoms with van der Waals surface area (Å²) in [6.45, 7) is 3.04. The zero-order chi connectivity index (χ0) is 15.1. The molecule has 7 heteroatoms. The number of benzene rings is 1. The van der Waals surface area contributed by atoms with E-state index in [1.54, 1.807) is 32.0 Å². The molecular formula is C13H12ClIN2O3. The number of hydrogen-bond donors (Lipinski definition) is 1. The van der Waals surface area contributed by atoms with Crippen molar-refractivity contribution in [2.75, 3.05) is 6.54 Å². The Morgan fingerprint density at radius 3 is 2.65 bits per heavy atom. The number of carbonyl (C=O) groups is 3. The van der Waals surface area contributed by atoms with Gasteiger partial charge in [0, 0.05) is 9.13 Å². The fourth-order valence-corrected chi connectivity index (χ4v) is 2.41. The molecule has 3 amide bonds. The monoisotopic (exact) mass is 406 g/mol. The van der Waals surface area contributed by atoms with Gasteiger partial charge in [0.1, 0.15) is 12.1 Å². The van der Waals surface area contributed by atoms with E-state index in [2.05, 4.69) is 27.9 Å². The van der Waals surface area contributed by atoms with Gasteiger partial charge in [0.05, 0.1) is 5.02 Å². The van der Waals surface area contributed by atoms with Crippen molar-refractivity contribution >= 4 is 51.9 Å². The average Bonchev–Trinajstić information content (AvgIpc) is 2.36. The first-order chi connectivity index (χ1) is 9.23. The molecule has 1 N–H and O–H groups in total. The quantitative estimate of drug-likeness (QED) is 0.571. The molecule has 0 spiro atoms. The van der Waals surface area contributed by atoms with Crippen molar-refractivity contribution in [3.05, 3.63) is 32.4 Å². The molecule has 2 rings (SSSR count). The van der Waals surface area contributed by atoms with Gasteiger partial charge in [-0.2, -0.15) is 0 Å². The molecule has 0 atom stereocenters. The summed E-state index contributed by atoms with van der Waals surface area (Å²) in [6, 6.07) is 4.89. The van der Waals surface area contributed by atoms with E-state index in [0.29, 0.717) is 10.6 Å². The van der Waals surface area contributed by atoms with Gasteiger partial charge in [-0.05, 0) is 54.6 Å². The van der Waals surface area contributed by atoms with Gasteiger partial charge in [-0.15, -0.1) is 0 Å². The van der Waals surface area contributed by atoms with Gasteiger partial charge in [0.2, 0.25) is 5.91 Å². The molecule has 0 saturated carbocycles. The van der Waals surface area contributed by atoms with Crippen molar-refractivity contribution in [1.29, 1.82) is 0 Å². The topological polar surface area (TPSA) is 66.5 Å². The molecule has 0 aliphatic carbocycles. The predicted molar refractivity (Wildman–Crippen MR) is 82.4 cm³/mol. The van der Waals surface area contributed by atoms with Crippen LogP contribution in [-0.2, 0) is 9.59 Å². The molecule has 1 aliphatic rings. The Balaban J connectivity index is 2.38. The highest BCUT2D eigenvalue weighted by molar-refractivity contribution is 14.1. The molecule has 1 aromatic rings. The number of carbonyl (C=O) groups excluding carboxylic acids is 3. The minimum atomic E-state index is -1.08. The second-order valence-corrected chi connectivity index (χ2v) is 6.53. The van der Waals surface area contributed by atoms with Crippen LogP contribution in [0.4, 0.5) is 0 Å². The van der Waals surface area contributed by atoms with Crippen molar-refractivity contribution < 1.29 is 14.4 Å². The van der Waals surface area contributed by atoms with Gasteiger partial charge < -0.3 is 4.90 Å². The van der Waals surface area contributed by atoms with Crippen LogP contribution in [0, 0.1) is 3.57 Å². The maximum Gasteiger partial charge on any atom is 0.255 e.